The van der Waals surface area contributed by atoms with E-state index in [0.717, 1.165) is 6.20 Å². The zero-order chi connectivity index (χ0) is 15.1. The molecule has 1 aromatic heterocycles. The number of hydrogen-bond acceptors (Lipinski definition) is 6. The largest absolute Gasteiger partial charge is 0.373 e. The Balaban J connectivity index is 3.17. The number of pyridine rings is 1. The molecule has 0 bridgehead atoms. The summed E-state index contributed by atoms with van der Waals surface area (Å²) in [5.74, 6) is -0.108. The summed E-state index contributed by atoms with van der Waals surface area (Å²) in [6.45, 7) is 2.36. The number of aromatic nitrogens is 1. The van der Waals surface area contributed by atoms with Gasteiger partial charge in [-0.2, -0.15) is 5.26 Å². The number of nitro groups is 1. The third kappa shape index (κ3) is 3.41. The number of anilines is 1. The van der Waals surface area contributed by atoms with Crippen molar-refractivity contribution in [3.05, 3.63) is 27.9 Å². The molecule has 0 radical (unpaired) electrons. The highest BCUT2D eigenvalue weighted by atomic mass is 16.6. The smallest absolute Gasteiger partial charge is 0.300 e. The van der Waals surface area contributed by atoms with Gasteiger partial charge in [-0.1, -0.05) is 0 Å². The molecule has 0 spiro atoms. The SMILES string of the molecule is CCN(CCC#N)C(=O)c1cc(NC)ncc1[N+](=O)[O-]. The van der Waals surface area contributed by atoms with Gasteiger partial charge in [0.05, 0.1) is 17.4 Å². The molecule has 0 saturated heterocycles. The van der Waals surface area contributed by atoms with Gasteiger partial charge in [-0.3, -0.25) is 14.9 Å². The summed E-state index contributed by atoms with van der Waals surface area (Å²) >= 11 is 0. The number of hydrogen-bond donors (Lipinski definition) is 1. The summed E-state index contributed by atoms with van der Waals surface area (Å²) in [6, 6.07) is 3.29. The lowest BCUT2D eigenvalue weighted by atomic mass is 10.2. The molecule has 0 atom stereocenters. The first kappa shape index (κ1) is 15.4. The van der Waals surface area contributed by atoms with E-state index in [4.69, 9.17) is 5.26 Å². The molecule has 0 aliphatic rings. The van der Waals surface area contributed by atoms with Gasteiger partial charge in [-0.05, 0) is 6.92 Å². The predicted octanol–water partition coefficient (Wildman–Crippen LogP) is 1.41. The summed E-state index contributed by atoms with van der Waals surface area (Å²) in [5.41, 5.74) is -0.376. The maximum atomic E-state index is 12.3. The molecule has 8 nitrogen and oxygen atoms in total. The zero-order valence-electron chi connectivity index (χ0n) is 11.3. The van der Waals surface area contributed by atoms with Crippen LogP contribution in [0, 0.1) is 21.4 Å². The fourth-order valence-electron chi connectivity index (χ4n) is 1.66. The van der Waals surface area contributed by atoms with Crippen LogP contribution in [0.25, 0.3) is 0 Å². The van der Waals surface area contributed by atoms with E-state index in [1.807, 2.05) is 6.07 Å². The Labute approximate surface area is 116 Å². The molecule has 0 unspecified atom stereocenters. The number of nitriles is 1. The van der Waals surface area contributed by atoms with Crippen molar-refractivity contribution in [3.8, 4) is 6.07 Å². The molecule has 0 saturated carbocycles. The summed E-state index contributed by atoms with van der Waals surface area (Å²) in [6.07, 6.45) is 1.23. The molecule has 1 amide bonds. The zero-order valence-corrected chi connectivity index (χ0v) is 11.3. The maximum absolute atomic E-state index is 12.3. The fourth-order valence-corrected chi connectivity index (χ4v) is 1.66. The number of rotatable bonds is 6. The van der Waals surface area contributed by atoms with E-state index in [1.54, 1.807) is 14.0 Å². The maximum Gasteiger partial charge on any atom is 0.300 e. The molecule has 8 heteroatoms. The highest BCUT2D eigenvalue weighted by Gasteiger charge is 2.25. The van der Waals surface area contributed by atoms with E-state index in [9.17, 15) is 14.9 Å². The van der Waals surface area contributed by atoms with E-state index in [1.165, 1.54) is 11.0 Å². The average molecular weight is 277 g/mol. The Morgan fingerprint density at radius 2 is 2.35 bits per heavy atom. The third-order valence-corrected chi connectivity index (χ3v) is 2.73. The molecule has 1 aromatic rings. The molecular weight excluding hydrogens is 262 g/mol. The van der Waals surface area contributed by atoms with Gasteiger partial charge in [-0.25, -0.2) is 4.98 Å². The van der Waals surface area contributed by atoms with Crippen molar-refractivity contribution in [2.45, 2.75) is 13.3 Å². The van der Waals surface area contributed by atoms with Crippen LogP contribution in [0.2, 0.25) is 0 Å². The Hall–Kier alpha value is -2.69. The van der Waals surface area contributed by atoms with Crippen molar-refractivity contribution in [1.82, 2.24) is 9.88 Å². The fraction of sp³-hybridized carbons (Fsp3) is 0.417. The van der Waals surface area contributed by atoms with Crippen LogP contribution in [0.3, 0.4) is 0 Å². The highest BCUT2D eigenvalue weighted by Crippen LogP contribution is 2.22. The first-order chi connectivity index (χ1) is 9.54. The van der Waals surface area contributed by atoms with E-state index < -0.39 is 10.8 Å². The quantitative estimate of drug-likeness (QED) is 0.621. The average Bonchev–Trinajstić information content (AvgIpc) is 2.46. The predicted molar refractivity (Wildman–Crippen MR) is 72.2 cm³/mol. The first-order valence-corrected chi connectivity index (χ1v) is 6.03. The lowest BCUT2D eigenvalue weighted by Crippen LogP contribution is -2.32. The van der Waals surface area contributed by atoms with Crippen molar-refractivity contribution in [3.63, 3.8) is 0 Å². The molecule has 0 aliphatic heterocycles. The van der Waals surface area contributed by atoms with Crippen molar-refractivity contribution in [2.24, 2.45) is 0 Å². The van der Waals surface area contributed by atoms with Crippen LogP contribution in [-0.2, 0) is 0 Å². The van der Waals surface area contributed by atoms with Crippen LogP contribution < -0.4 is 5.32 Å². The second-order valence-electron chi connectivity index (χ2n) is 3.89. The summed E-state index contributed by atoms with van der Waals surface area (Å²) < 4.78 is 0. The second-order valence-corrected chi connectivity index (χ2v) is 3.89. The molecule has 106 valence electrons. The Morgan fingerprint density at radius 3 is 2.85 bits per heavy atom. The van der Waals surface area contributed by atoms with Gasteiger partial charge in [0, 0.05) is 26.2 Å². The molecule has 20 heavy (non-hydrogen) atoms. The molecule has 0 aliphatic carbocycles. The number of nitrogens with zero attached hydrogens (tertiary/aromatic N) is 4. The minimum atomic E-state index is -0.641. The van der Waals surface area contributed by atoms with E-state index in [0.29, 0.717) is 12.4 Å². The van der Waals surface area contributed by atoms with Gasteiger partial charge in [0.1, 0.15) is 17.6 Å². The molecule has 1 rings (SSSR count). The number of carbonyl (C=O) groups is 1. The molecule has 1 N–H and O–H groups in total. The Kier molecular flexibility index (Phi) is 5.41. The van der Waals surface area contributed by atoms with Crippen molar-refractivity contribution in [2.75, 3.05) is 25.5 Å². The Morgan fingerprint density at radius 1 is 1.65 bits per heavy atom. The topological polar surface area (TPSA) is 112 Å². The van der Waals surface area contributed by atoms with Crippen LogP contribution in [0.15, 0.2) is 12.3 Å². The van der Waals surface area contributed by atoms with Gasteiger partial charge in [0.2, 0.25) is 0 Å². The molecule has 1 heterocycles. The van der Waals surface area contributed by atoms with Crippen LogP contribution in [-0.4, -0.2) is 40.9 Å². The van der Waals surface area contributed by atoms with Gasteiger partial charge in [0.15, 0.2) is 0 Å². The van der Waals surface area contributed by atoms with Crippen LogP contribution in [0.5, 0.6) is 0 Å². The van der Waals surface area contributed by atoms with E-state index in [2.05, 4.69) is 10.3 Å². The lowest BCUT2D eigenvalue weighted by Gasteiger charge is -2.19. The van der Waals surface area contributed by atoms with Crippen molar-refractivity contribution in [1.29, 1.82) is 5.26 Å². The standard InChI is InChI=1S/C12H15N5O3/c1-3-16(6-4-5-13)12(18)9-7-11(14-2)15-8-10(9)17(19)20/h7-8H,3-4,6H2,1-2H3,(H,14,15). The molecular formula is C12H15N5O3. The van der Waals surface area contributed by atoms with Gasteiger partial charge < -0.3 is 10.2 Å². The summed E-state index contributed by atoms with van der Waals surface area (Å²) in [5, 5.41) is 22.3. The van der Waals surface area contributed by atoms with Crippen LogP contribution in [0.1, 0.15) is 23.7 Å². The molecule has 0 aromatic carbocycles. The first-order valence-electron chi connectivity index (χ1n) is 6.03. The minimum absolute atomic E-state index is 0.0332. The van der Waals surface area contributed by atoms with Crippen molar-refractivity contribution >= 4 is 17.4 Å². The molecule has 0 fully saturated rings. The highest BCUT2D eigenvalue weighted by molar-refractivity contribution is 5.98. The van der Waals surface area contributed by atoms with Gasteiger partial charge in [0.25, 0.3) is 11.6 Å². The van der Waals surface area contributed by atoms with Gasteiger partial charge >= 0.3 is 0 Å². The lowest BCUT2D eigenvalue weighted by molar-refractivity contribution is -0.385. The van der Waals surface area contributed by atoms with Crippen molar-refractivity contribution < 1.29 is 9.72 Å². The number of nitrogens with one attached hydrogen (secondary N) is 1. The second kappa shape index (κ2) is 7.04. The third-order valence-electron chi connectivity index (χ3n) is 2.73. The number of carbonyl (C=O) groups excluding carboxylic acids is 1. The normalized spacial score (nSPS) is 9.65. The number of amides is 1. The van der Waals surface area contributed by atoms with E-state index >= 15 is 0 Å². The van der Waals surface area contributed by atoms with Gasteiger partial charge in [-0.15, -0.1) is 0 Å². The van der Waals surface area contributed by atoms with Crippen LogP contribution >= 0.6 is 0 Å². The summed E-state index contributed by atoms with van der Waals surface area (Å²) in [7, 11) is 1.61. The monoisotopic (exact) mass is 277 g/mol. The summed E-state index contributed by atoms with van der Waals surface area (Å²) in [4.78, 5) is 27.9. The Bertz CT molecular complexity index is 553. The van der Waals surface area contributed by atoms with E-state index in [-0.39, 0.29) is 24.2 Å². The van der Waals surface area contributed by atoms with Crippen LogP contribution in [0.4, 0.5) is 11.5 Å². The minimum Gasteiger partial charge on any atom is -0.373 e.